The van der Waals surface area contributed by atoms with Crippen molar-refractivity contribution in [2.75, 3.05) is 6.26 Å². The Balaban J connectivity index is 1.87. The van der Waals surface area contributed by atoms with E-state index in [1.165, 1.54) is 22.9 Å². The molecule has 156 valence electrons. The highest BCUT2D eigenvalue weighted by molar-refractivity contribution is 7.90. The Morgan fingerprint density at radius 3 is 2.27 bits per heavy atom. The average Bonchev–Trinajstić information content (AvgIpc) is 2.68. The van der Waals surface area contributed by atoms with Gasteiger partial charge in [-0.2, -0.15) is 5.10 Å². The van der Waals surface area contributed by atoms with Crippen molar-refractivity contribution in [3.05, 3.63) is 86.8 Å². The van der Waals surface area contributed by atoms with Crippen molar-refractivity contribution in [1.82, 2.24) is 15.1 Å². The van der Waals surface area contributed by atoms with Crippen LogP contribution in [0, 0.1) is 6.92 Å². The molecule has 0 aliphatic heterocycles. The molecule has 1 amide bonds. The molecule has 2 aromatic carbocycles. The number of sulfone groups is 1. The minimum atomic E-state index is -3.30. The van der Waals surface area contributed by atoms with Gasteiger partial charge in [0.25, 0.3) is 5.91 Å². The predicted molar refractivity (Wildman–Crippen MR) is 115 cm³/mol. The highest BCUT2D eigenvalue weighted by Gasteiger charge is 2.18. The maximum absolute atomic E-state index is 12.7. The summed E-state index contributed by atoms with van der Waals surface area (Å²) in [5.74, 6) is -0.623. The summed E-state index contributed by atoms with van der Waals surface area (Å²) in [6, 6.07) is 13.9. The number of amides is 1. The van der Waals surface area contributed by atoms with Gasteiger partial charge in [-0.05, 0) is 55.8 Å². The Morgan fingerprint density at radius 1 is 1.10 bits per heavy atom. The monoisotopic (exact) mass is 445 g/mol. The van der Waals surface area contributed by atoms with Crippen LogP contribution in [0.1, 0.15) is 34.7 Å². The van der Waals surface area contributed by atoms with Gasteiger partial charge in [-0.25, -0.2) is 13.1 Å². The molecular formula is C21H20ClN3O4S. The fourth-order valence-corrected chi connectivity index (χ4v) is 3.66. The minimum Gasteiger partial charge on any atom is -0.344 e. The standard InChI is InChI=1S/C21H20ClN3O4S/c1-13-12-19(26)20(24-25(13)17-8-6-16(22)7-9-17)21(27)23-14(2)15-4-10-18(11-5-15)30(3,28)29/h4-12,14H,1-3H3,(H,23,27)/t14-/m0/s1. The number of aryl methyl sites for hydroxylation is 1. The fraction of sp³-hybridized carbons (Fsp3) is 0.190. The molecule has 0 bridgehead atoms. The summed E-state index contributed by atoms with van der Waals surface area (Å²) >= 11 is 5.92. The third kappa shape index (κ3) is 4.77. The maximum atomic E-state index is 12.7. The van der Waals surface area contributed by atoms with Crippen molar-refractivity contribution >= 4 is 27.3 Å². The third-order valence-electron chi connectivity index (χ3n) is 4.55. The number of hydrogen-bond donors (Lipinski definition) is 1. The molecule has 0 fully saturated rings. The molecule has 3 aromatic rings. The van der Waals surface area contributed by atoms with E-state index in [4.69, 9.17) is 11.6 Å². The predicted octanol–water partition coefficient (Wildman–Crippen LogP) is 3.09. The van der Waals surface area contributed by atoms with Crippen molar-refractivity contribution in [3.8, 4) is 5.69 Å². The van der Waals surface area contributed by atoms with Crippen molar-refractivity contribution in [1.29, 1.82) is 0 Å². The summed E-state index contributed by atoms with van der Waals surface area (Å²) in [5.41, 5.74) is 1.20. The second kappa shape index (κ2) is 8.41. The van der Waals surface area contributed by atoms with Gasteiger partial charge in [0.05, 0.1) is 16.6 Å². The Morgan fingerprint density at radius 2 is 1.70 bits per heavy atom. The van der Waals surface area contributed by atoms with Gasteiger partial charge in [-0.3, -0.25) is 9.59 Å². The normalized spacial score (nSPS) is 12.4. The summed E-state index contributed by atoms with van der Waals surface area (Å²) in [6.07, 6.45) is 1.13. The second-order valence-corrected chi connectivity index (χ2v) is 9.38. The first-order valence-corrected chi connectivity index (χ1v) is 11.3. The number of halogens is 1. The summed E-state index contributed by atoms with van der Waals surface area (Å²) in [7, 11) is -3.30. The van der Waals surface area contributed by atoms with Crippen LogP contribution in [-0.4, -0.2) is 30.4 Å². The van der Waals surface area contributed by atoms with Gasteiger partial charge in [0.2, 0.25) is 5.43 Å². The number of aromatic nitrogens is 2. The van der Waals surface area contributed by atoms with E-state index in [1.807, 2.05) is 0 Å². The van der Waals surface area contributed by atoms with E-state index in [-0.39, 0.29) is 10.6 Å². The smallest absolute Gasteiger partial charge is 0.276 e. The van der Waals surface area contributed by atoms with Gasteiger partial charge in [0.1, 0.15) is 0 Å². The van der Waals surface area contributed by atoms with Crippen LogP contribution in [0.4, 0.5) is 0 Å². The quantitative estimate of drug-likeness (QED) is 0.650. The van der Waals surface area contributed by atoms with Crippen molar-refractivity contribution in [2.45, 2.75) is 24.8 Å². The lowest BCUT2D eigenvalue weighted by molar-refractivity contribution is 0.0932. The Labute approximate surface area is 179 Å². The van der Waals surface area contributed by atoms with Crippen LogP contribution in [0.15, 0.2) is 64.3 Å². The highest BCUT2D eigenvalue weighted by atomic mass is 35.5. The van der Waals surface area contributed by atoms with Gasteiger partial charge in [-0.15, -0.1) is 0 Å². The molecule has 3 rings (SSSR count). The first-order valence-electron chi connectivity index (χ1n) is 9.04. The molecule has 0 aliphatic carbocycles. The van der Waals surface area contributed by atoms with E-state index in [9.17, 15) is 18.0 Å². The van der Waals surface area contributed by atoms with Gasteiger partial charge in [0, 0.05) is 23.0 Å². The molecule has 0 saturated heterocycles. The van der Waals surface area contributed by atoms with Gasteiger partial charge in [-0.1, -0.05) is 23.7 Å². The zero-order valence-electron chi connectivity index (χ0n) is 16.6. The van der Waals surface area contributed by atoms with E-state index in [0.29, 0.717) is 22.0 Å². The molecular weight excluding hydrogens is 426 g/mol. The SMILES string of the molecule is Cc1cc(=O)c(C(=O)N[C@@H](C)c2ccc(S(C)(=O)=O)cc2)nn1-c1ccc(Cl)cc1. The maximum Gasteiger partial charge on any atom is 0.276 e. The van der Waals surface area contributed by atoms with Crippen LogP contribution in [-0.2, 0) is 9.84 Å². The largest absolute Gasteiger partial charge is 0.344 e. The van der Waals surface area contributed by atoms with E-state index in [2.05, 4.69) is 10.4 Å². The lowest BCUT2D eigenvalue weighted by Crippen LogP contribution is -2.33. The fourth-order valence-electron chi connectivity index (χ4n) is 2.90. The molecule has 9 heteroatoms. The number of nitrogens with zero attached hydrogens (tertiary/aromatic N) is 2. The highest BCUT2D eigenvalue weighted by Crippen LogP contribution is 2.17. The number of carbonyl (C=O) groups is 1. The lowest BCUT2D eigenvalue weighted by Gasteiger charge is -2.15. The van der Waals surface area contributed by atoms with Crippen LogP contribution >= 0.6 is 11.6 Å². The van der Waals surface area contributed by atoms with Crippen LogP contribution in [0.3, 0.4) is 0 Å². The summed E-state index contributed by atoms with van der Waals surface area (Å²) in [6.45, 7) is 3.45. The molecule has 0 saturated carbocycles. The molecule has 1 aromatic heterocycles. The summed E-state index contributed by atoms with van der Waals surface area (Å²) in [5, 5.41) is 7.53. The minimum absolute atomic E-state index is 0.191. The first kappa shape index (κ1) is 21.7. The van der Waals surface area contributed by atoms with E-state index >= 15 is 0 Å². The van der Waals surface area contributed by atoms with Gasteiger partial charge < -0.3 is 5.32 Å². The molecule has 1 N–H and O–H groups in total. The Hall–Kier alpha value is -2.97. The lowest BCUT2D eigenvalue weighted by atomic mass is 10.1. The molecule has 30 heavy (non-hydrogen) atoms. The van der Waals surface area contributed by atoms with Crippen molar-refractivity contribution < 1.29 is 13.2 Å². The van der Waals surface area contributed by atoms with Crippen LogP contribution in [0.5, 0.6) is 0 Å². The van der Waals surface area contributed by atoms with E-state index < -0.39 is 27.2 Å². The average molecular weight is 446 g/mol. The molecule has 0 spiro atoms. The molecule has 1 heterocycles. The van der Waals surface area contributed by atoms with Crippen molar-refractivity contribution in [2.24, 2.45) is 0 Å². The summed E-state index contributed by atoms with van der Waals surface area (Å²) < 4.78 is 24.7. The number of nitrogens with one attached hydrogen (secondary N) is 1. The second-order valence-electron chi connectivity index (χ2n) is 6.92. The van der Waals surface area contributed by atoms with Crippen LogP contribution in [0.25, 0.3) is 5.69 Å². The van der Waals surface area contributed by atoms with Gasteiger partial charge in [0.15, 0.2) is 15.5 Å². The van der Waals surface area contributed by atoms with Crippen molar-refractivity contribution in [3.63, 3.8) is 0 Å². The number of carbonyl (C=O) groups excluding carboxylic acids is 1. The first-order chi connectivity index (χ1) is 14.1. The zero-order chi connectivity index (χ0) is 22.1. The molecule has 0 radical (unpaired) electrons. The Bertz CT molecular complexity index is 1250. The van der Waals surface area contributed by atoms with Crippen LogP contribution in [0.2, 0.25) is 5.02 Å². The molecule has 0 unspecified atom stereocenters. The van der Waals surface area contributed by atoms with Gasteiger partial charge >= 0.3 is 0 Å². The van der Waals surface area contributed by atoms with E-state index in [0.717, 1.165) is 6.26 Å². The summed E-state index contributed by atoms with van der Waals surface area (Å²) in [4.78, 5) is 25.3. The van der Waals surface area contributed by atoms with Crippen LogP contribution < -0.4 is 10.7 Å². The third-order valence-corrected chi connectivity index (χ3v) is 5.93. The van der Waals surface area contributed by atoms with E-state index in [1.54, 1.807) is 50.2 Å². The molecule has 7 nitrogen and oxygen atoms in total. The number of hydrogen-bond acceptors (Lipinski definition) is 5. The Kier molecular flexibility index (Phi) is 6.09. The molecule has 1 atom stereocenters. The zero-order valence-corrected chi connectivity index (χ0v) is 18.2. The molecule has 0 aliphatic rings. The number of rotatable bonds is 5. The number of benzene rings is 2. The topological polar surface area (TPSA) is 98.1 Å².